The summed E-state index contributed by atoms with van der Waals surface area (Å²) in [4.78, 5) is 38.3. The second kappa shape index (κ2) is 19.0. The number of benzene rings is 4. The van der Waals surface area contributed by atoms with Crippen LogP contribution in [0.4, 0.5) is 5.69 Å². The first kappa shape index (κ1) is 41.1. The topological polar surface area (TPSA) is 178 Å². The lowest BCUT2D eigenvalue weighted by atomic mass is 10.1. The molecule has 0 saturated heterocycles. The summed E-state index contributed by atoms with van der Waals surface area (Å²) < 4.78 is 61.3. The van der Waals surface area contributed by atoms with Crippen molar-refractivity contribution in [3.05, 3.63) is 175 Å². The van der Waals surface area contributed by atoms with Gasteiger partial charge < -0.3 is 18.6 Å². The third kappa shape index (κ3) is 12.2. The smallest absolute Gasteiger partial charge is 0.330 e. The Morgan fingerprint density at radius 2 is 1.24 bits per heavy atom. The van der Waals surface area contributed by atoms with Crippen LogP contribution in [0, 0.1) is 10.1 Å². The molecule has 1 N–H and O–H groups in total. The molecule has 4 atom stereocenters. The summed E-state index contributed by atoms with van der Waals surface area (Å²) in [6.45, 7) is 5.36. The molecule has 0 fully saturated rings. The normalized spacial score (nSPS) is 14.2. The monoisotopic (exact) mass is 789 g/mol. The van der Waals surface area contributed by atoms with Crippen LogP contribution in [0.15, 0.2) is 142 Å². The Labute approximate surface area is 319 Å². The van der Waals surface area contributed by atoms with Gasteiger partial charge in [0.2, 0.25) is 0 Å². The Morgan fingerprint density at radius 3 is 1.73 bits per heavy atom. The SMILES string of the molecule is C[Si](C)(C)O[C@@H]([C@H](OCc1ccccc1)[C@@H](OCc1ccccc1)[C@@H](COCc1ccccc1)OS(=O)(=O)c1ccc([N+](=O)[O-])cc1)n1ccc(=O)[nH]c1=O. The number of hydrogen-bond donors (Lipinski definition) is 1. The molecular weight excluding hydrogens is 747 g/mol. The van der Waals surface area contributed by atoms with Crippen molar-refractivity contribution in [1.29, 1.82) is 0 Å². The fourth-order valence-electron chi connectivity index (χ4n) is 5.56. The first-order chi connectivity index (χ1) is 26.3. The lowest BCUT2D eigenvalue weighted by molar-refractivity contribution is -0.384. The lowest BCUT2D eigenvalue weighted by Crippen LogP contribution is -2.53. The van der Waals surface area contributed by atoms with Gasteiger partial charge in [-0.3, -0.25) is 28.6 Å². The first-order valence-corrected chi connectivity index (χ1v) is 22.2. The number of nitrogens with zero attached hydrogens (tertiary/aromatic N) is 2. The van der Waals surface area contributed by atoms with E-state index in [1.54, 1.807) is 0 Å². The number of aromatic nitrogens is 2. The van der Waals surface area contributed by atoms with Gasteiger partial charge in [0.15, 0.2) is 14.5 Å². The second-order valence-electron chi connectivity index (χ2n) is 13.5. The minimum atomic E-state index is -4.65. The van der Waals surface area contributed by atoms with E-state index >= 15 is 0 Å². The molecule has 0 aliphatic heterocycles. The molecular formula is C39H43N3O11SSi. The Hall–Kier alpha value is -5.07. The largest absolute Gasteiger partial charge is 0.395 e. The highest BCUT2D eigenvalue weighted by Gasteiger charge is 2.43. The van der Waals surface area contributed by atoms with Gasteiger partial charge in [0.25, 0.3) is 21.4 Å². The average molecular weight is 790 g/mol. The van der Waals surface area contributed by atoms with Crippen molar-refractivity contribution in [2.24, 2.45) is 0 Å². The number of non-ortho nitro benzene ring substituents is 1. The molecule has 16 heteroatoms. The first-order valence-electron chi connectivity index (χ1n) is 17.4. The van der Waals surface area contributed by atoms with Gasteiger partial charge in [-0.15, -0.1) is 0 Å². The van der Waals surface area contributed by atoms with Gasteiger partial charge >= 0.3 is 5.69 Å². The van der Waals surface area contributed by atoms with E-state index in [1.807, 2.05) is 111 Å². The summed E-state index contributed by atoms with van der Waals surface area (Å²) in [6.07, 6.45) is -4.07. The Kier molecular flexibility index (Phi) is 14.2. The van der Waals surface area contributed by atoms with Crippen LogP contribution in [0.1, 0.15) is 22.9 Å². The van der Waals surface area contributed by atoms with E-state index in [9.17, 15) is 28.1 Å². The van der Waals surface area contributed by atoms with E-state index in [2.05, 4.69) is 4.98 Å². The van der Waals surface area contributed by atoms with Crippen molar-refractivity contribution in [3.63, 3.8) is 0 Å². The minimum Gasteiger partial charge on any atom is -0.395 e. The zero-order valence-corrected chi connectivity index (χ0v) is 32.4. The third-order valence-corrected chi connectivity index (χ3v) is 10.4. The van der Waals surface area contributed by atoms with Gasteiger partial charge in [-0.25, -0.2) is 4.79 Å². The van der Waals surface area contributed by atoms with Crippen LogP contribution in [0.2, 0.25) is 19.6 Å². The fraction of sp³-hybridized carbons (Fsp3) is 0.282. The van der Waals surface area contributed by atoms with Crippen molar-refractivity contribution < 1.29 is 36.2 Å². The van der Waals surface area contributed by atoms with Gasteiger partial charge in [-0.05, 0) is 48.5 Å². The number of hydrogen-bond acceptors (Lipinski definition) is 11. The molecule has 0 amide bonds. The second-order valence-corrected chi connectivity index (χ2v) is 19.5. The van der Waals surface area contributed by atoms with E-state index in [-0.39, 0.29) is 37.0 Å². The Balaban J connectivity index is 1.65. The van der Waals surface area contributed by atoms with Gasteiger partial charge in [0.05, 0.1) is 36.2 Å². The maximum atomic E-state index is 14.0. The number of nitro groups is 1. The van der Waals surface area contributed by atoms with Crippen molar-refractivity contribution in [1.82, 2.24) is 9.55 Å². The molecule has 5 rings (SSSR count). The molecule has 1 aromatic heterocycles. The van der Waals surface area contributed by atoms with E-state index in [0.29, 0.717) is 0 Å². The number of ether oxygens (including phenoxy) is 3. The fourth-order valence-corrected chi connectivity index (χ4v) is 7.60. The molecule has 4 aromatic carbocycles. The molecule has 0 bridgehead atoms. The van der Waals surface area contributed by atoms with Gasteiger partial charge in [0.1, 0.15) is 18.3 Å². The number of H-pyrrole nitrogens is 1. The zero-order valence-electron chi connectivity index (χ0n) is 30.6. The molecule has 0 aliphatic rings. The van der Waals surface area contributed by atoms with E-state index in [0.717, 1.165) is 41.0 Å². The molecule has 0 radical (unpaired) electrons. The molecule has 1 heterocycles. The predicted molar refractivity (Wildman–Crippen MR) is 206 cm³/mol. The standard InChI is InChI=1S/C39H43N3O11SSi/c1-55(2,3)53-38(41-24-23-35(43)40-39(41)44)37(51-27-31-17-11-6-12-18-31)36(50-26-30-15-9-5-10-16-30)34(28-49-25-29-13-7-4-8-14-29)52-54(47,48)33-21-19-32(20-22-33)42(45)46/h4-24,34,36-38H,25-28H2,1-3H3,(H,40,43,44)/t34-,36+,37-,38+/m1/s1. The van der Waals surface area contributed by atoms with Gasteiger partial charge in [0, 0.05) is 24.4 Å². The average Bonchev–Trinajstić information content (AvgIpc) is 3.16. The molecule has 290 valence electrons. The van der Waals surface area contributed by atoms with Crippen LogP contribution in [0.5, 0.6) is 0 Å². The molecule has 0 unspecified atom stereocenters. The van der Waals surface area contributed by atoms with Crippen LogP contribution < -0.4 is 11.2 Å². The molecule has 0 spiro atoms. The number of rotatable bonds is 20. The predicted octanol–water partition coefficient (Wildman–Crippen LogP) is 5.96. The van der Waals surface area contributed by atoms with E-state index in [1.165, 1.54) is 16.8 Å². The highest BCUT2D eigenvalue weighted by molar-refractivity contribution is 7.86. The summed E-state index contributed by atoms with van der Waals surface area (Å²) in [7, 11) is -7.25. The van der Waals surface area contributed by atoms with Gasteiger partial charge in [-0.1, -0.05) is 91.0 Å². The van der Waals surface area contributed by atoms with E-state index in [4.69, 9.17) is 22.8 Å². The summed E-state index contributed by atoms with van der Waals surface area (Å²) in [5.41, 5.74) is 0.570. The lowest BCUT2D eigenvalue weighted by Gasteiger charge is -2.39. The summed E-state index contributed by atoms with van der Waals surface area (Å²) in [6, 6.07) is 33.0. The maximum absolute atomic E-state index is 14.0. The number of nitro benzene ring substituents is 1. The molecule has 0 aliphatic carbocycles. The molecule has 5 aromatic rings. The van der Waals surface area contributed by atoms with Crippen LogP contribution >= 0.6 is 0 Å². The maximum Gasteiger partial charge on any atom is 0.330 e. The quantitative estimate of drug-likeness (QED) is 0.0426. The third-order valence-electron chi connectivity index (χ3n) is 8.12. The van der Waals surface area contributed by atoms with Crippen LogP contribution in [0.25, 0.3) is 0 Å². The molecule has 0 saturated carbocycles. The van der Waals surface area contributed by atoms with Crippen LogP contribution in [0.3, 0.4) is 0 Å². The highest BCUT2D eigenvalue weighted by atomic mass is 32.2. The van der Waals surface area contributed by atoms with Crippen molar-refractivity contribution in [2.45, 2.75) is 68.9 Å². The van der Waals surface area contributed by atoms with E-state index < -0.39 is 59.1 Å². The zero-order chi connectivity index (χ0) is 39.4. The highest BCUT2D eigenvalue weighted by Crippen LogP contribution is 2.31. The number of nitrogens with one attached hydrogen (secondary N) is 1. The summed E-state index contributed by atoms with van der Waals surface area (Å²) >= 11 is 0. The van der Waals surface area contributed by atoms with Crippen molar-refractivity contribution >= 4 is 24.1 Å². The minimum absolute atomic E-state index is 0.0208. The van der Waals surface area contributed by atoms with Crippen molar-refractivity contribution in [3.8, 4) is 0 Å². The summed E-state index contributed by atoms with van der Waals surface area (Å²) in [5, 5.41) is 11.3. The Morgan fingerprint density at radius 1 is 0.727 bits per heavy atom. The van der Waals surface area contributed by atoms with Crippen LogP contribution in [-0.4, -0.2) is 56.1 Å². The van der Waals surface area contributed by atoms with Gasteiger partial charge in [-0.2, -0.15) is 8.42 Å². The molecule has 14 nitrogen and oxygen atoms in total. The van der Waals surface area contributed by atoms with Crippen LogP contribution in [-0.2, 0) is 52.8 Å². The Bertz CT molecular complexity index is 2200. The van der Waals surface area contributed by atoms with Crippen molar-refractivity contribution in [2.75, 3.05) is 6.61 Å². The summed E-state index contributed by atoms with van der Waals surface area (Å²) in [5.74, 6) is 0. The molecule has 55 heavy (non-hydrogen) atoms. The number of aromatic amines is 1.